The van der Waals surface area contributed by atoms with Gasteiger partial charge in [-0.2, -0.15) is 5.26 Å². The zero-order valence-corrected chi connectivity index (χ0v) is 10.9. The summed E-state index contributed by atoms with van der Waals surface area (Å²) in [5.41, 5.74) is 0.469. The molecule has 1 aromatic carbocycles. The monoisotopic (exact) mass is 269 g/mol. The van der Waals surface area contributed by atoms with Crippen LogP contribution in [0.2, 0.25) is 0 Å². The molecule has 94 valence electrons. The van der Waals surface area contributed by atoms with Gasteiger partial charge in [0.15, 0.2) is 0 Å². The minimum atomic E-state index is -0.119. The van der Waals surface area contributed by atoms with Crippen molar-refractivity contribution in [1.82, 2.24) is 4.98 Å². The van der Waals surface area contributed by atoms with Crippen LogP contribution < -0.4 is 5.32 Å². The lowest BCUT2D eigenvalue weighted by molar-refractivity contribution is -0.113. The topological polar surface area (TPSA) is 65.8 Å². The number of hydrogen-bond donors (Lipinski definition) is 1. The molecule has 2 rings (SSSR count). The fraction of sp³-hybridized carbons (Fsp3) is 0.0714. The molecule has 0 aliphatic rings. The SMILES string of the molecule is N#Cc1ccc(NC(=O)CSc2ccccc2)nc1. The first-order chi connectivity index (χ1) is 9.28. The summed E-state index contributed by atoms with van der Waals surface area (Å²) in [7, 11) is 0. The second-order valence-corrected chi connectivity index (χ2v) is 4.74. The number of nitriles is 1. The van der Waals surface area contributed by atoms with Crippen LogP contribution in [0.5, 0.6) is 0 Å². The largest absolute Gasteiger partial charge is 0.310 e. The third-order valence-electron chi connectivity index (χ3n) is 2.27. The van der Waals surface area contributed by atoms with Crippen molar-refractivity contribution in [3.63, 3.8) is 0 Å². The van der Waals surface area contributed by atoms with Crippen molar-refractivity contribution in [3.05, 3.63) is 54.2 Å². The maximum atomic E-state index is 11.7. The Morgan fingerprint density at radius 3 is 2.68 bits per heavy atom. The number of aromatic nitrogens is 1. The summed E-state index contributed by atoms with van der Waals surface area (Å²) in [6.07, 6.45) is 1.43. The first-order valence-electron chi connectivity index (χ1n) is 5.62. The number of benzene rings is 1. The van der Waals surface area contributed by atoms with Gasteiger partial charge in [0.05, 0.1) is 11.3 Å². The third-order valence-corrected chi connectivity index (χ3v) is 3.29. The van der Waals surface area contributed by atoms with Crippen molar-refractivity contribution in [2.24, 2.45) is 0 Å². The van der Waals surface area contributed by atoms with E-state index in [1.165, 1.54) is 18.0 Å². The van der Waals surface area contributed by atoms with E-state index in [9.17, 15) is 4.79 Å². The molecule has 5 heteroatoms. The first kappa shape index (κ1) is 13.1. The van der Waals surface area contributed by atoms with Crippen molar-refractivity contribution in [2.75, 3.05) is 11.1 Å². The number of amides is 1. The minimum absolute atomic E-state index is 0.119. The molecule has 1 heterocycles. The molecule has 19 heavy (non-hydrogen) atoms. The van der Waals surface area contributed by atoms with Crippen LogP contribution in [0.25, 0.3) is 0 Å². The molecule has 0 aliphatic carbocycles. The molecule has 0 aliphatic heterocycles. The summed E-state index contributed by atoms with van der Waals surface area (Å²) < 4.78 is 0. The molecule has 0 spiro atoms. The second kappa shape index (κ2) is 6.57. The van der Waals surface area contributed by atoms with E-state index in [4.69, 9.17) is 5.26 Å². The van der Waals surface area contributed by atoms with Crippen LogP contribution in [0.15, 0.2) is 53.6 Å². The highest BCUT2D eigenvalue weighted by Crippen LogP contribution is 2.17. The normalized spacial score (nSPS) is 9.63. The van der Waals surface area contributed by atoms with Gasteiger partial charge in [0.25, 0.3) is 0 Å². The van der Waals surface area contributed by atoms with E-state index in [0.29, 0.717) is 17.1 Å². The average Bonchev–Trinajstić information content (AvgIpc) is 2.47. The van der Waals surface area contributed by atoms with Gasteiger partial charge in [-0.15, -0.1) is 11.8 Å². The van der Waals surface area contributed by atoms with Crippen molar-refractivity contribution < 1.29 is 4.79 Å². The van der Waals surface area contributed by atoms with E-state index in [-0.39, 0.29) is 5.91 Å². The first-order valence-corrected chi connectivity index (χ1v) is 6.60. The number of nitrogens with one attached hydrogen (secondary N) is 1. The summed E-state index contributed by atoms with van der Waals surface area (Å²) in [5, 5.41) is 11.3. The van der Waals surface area contributed by atoms with Crippen LogP contribution in [-0.4, -0.2) is 16.6 Å². The van der Waals surface area contributed by atoms with E-state index in [0.717, 1.165) is 4.90 Å². The van der Waals surface area contributed by atoms with Crippen LogP contribution in [0.3, 0.4) is 0 Å². The molecule has 1 N–H and O–H groups in total. The van der Waals surface area contributed by atoms with Crippen LogP contribution in [0.4, 0.5) is 5.82 Å². The lowest BCUT2D eigenvalue weighted by atomic mass is 10.3. The Balaban J connectivity index is 1.86. The van der Waals surface area contributed by atoms with E-state index in [2.05, 4.69) is 10.3 Å². The molecule has 1 aromatic heterocycles. The van der Waals surface area contributed by atoms with Crippen molar-refractivity contribution in [3.8, 4) is 6.07 Å². The van der Waals surface area contributed by atoms with E-state index >= 15 is 0 Å². The van der Waals surface area contributed by atoms with Crippen LogP contribution in [-0.2, 0) is 4.79 Å². The molecule has 0 fully saturated rings. The zero-order valence-electron chi connectivity index (χ0n) is 10.0. The highest BCUT2D eigenvalue weighted by Gasteiger charge is 2.04. The second-order valence-electron chi connectivity index (χ2n) is 3.69. The predicted molar refractivity (Wildman–Crippen MR) is 74.7 cm³/mol. The Morgan fingerprint density at radius 2 is 2.05 bits per heavy atom. The molecule has 0 saturated heterocycles. The van der Waals surface area contributed by atoms with Gasteiger partial charge in [-0.1, -0.05) is 18.2 Å². The van der Waals surface area contributed by atoms with Gasteiger partial charge in [0.1, 0.15) is 11.9 Å². The maximum Gasteiger partial charge on any atom is 0.235 e. The number of pyridine rings is 1. The van der Waals surface area contributed by atoms with Crippen molar-refractivity contribution in [1.29, 1.82) is 5.26 Å². The Labute approximate surface area is 115 Å². The quantitative estimate of drug-likeness (QED) is 0.867. The fourth-order valence-electron chi connectivity index (χ4n) is 1.38. The Hall–Kier alpha value is -2.32. The Kier molecular flexibility index (Phi) is 4.54. The molecule has 2 aromatic rings. The summed E-state index contributed by atoms with van der Waals surface area (Å²) >= 11 is 1.46. The van der Waals surface area contributed by atoms with Gasteiger partial charge >= 0.3 is 0 Å². The van der Waals surface area contributed by atoms with Gasteiger partial charge in [-0.25, -0.2) is 4.98 Å². The highest BCUT2D eigenvalue weighted by molar-refractivity contribution is 8.00. The average molecular weight is 269 g/mol. The summed E-state index contributed by atoms with van der Waals surface area (Å²) in [4.78, 5) is 16.7. The van der Waals surface area contributed by atoms with Gasteiger partial charge < -0.3 is 5.32 Å². The summed E-state index contributed by atoms with van der Waals surface area (Å²) in [5.74, 6) is 0.662. The van der Waals surface area contributed by atoms with E-state index < -0.39 is 0 Å². The van der Waals surface area contributed by atoms with Crippen LogP contribution in [0.1, 0.15) is 5.56 Å². The number of carbonyl (C=O) groups is 1. The van der Waals surface area contributed by atoms with E-state index in [1.54, 1.807) is 12.1 Å². The molecule has 0 saturated carbocycles. The lowest BCUT2D eigenvalue weighted by Gasteiger charge is -2.04. The van der Waals surface area contributed by atoms with E-state index in [1.807, 2.05) is 36.4 Å². The van der Waals surface area contributed by atoms with Gasteiger partial charge in [0, 0.05) is 11.1 Å². The standard InChI is InChI=1S/C14H11N3OS/c15-8-11-6-7-13(16-9-11)17-14(18)10-19-12-4-2-1-3-5-12/h1-7,9H,10H2,(H,16,17,18). The minimum Gasteiger partial charge on any atom is -0.310 e. The lowest BCUT2D eigenvalue weighted by Crippen LogP contribution is -2.14. The number of rotatable bonds is 4. The van der Waals surface area contributed by atoms with Crippen molar-refractivity contribution >= 4 is 23.5 Å². The Bertz CT molecular complexity index is 590. The number of anilines is 1. The van der Waals surface area contributed by atoms with Gasteiger partial charge in [0.2, 0.25) is 5.91 Å². The van der Waals surface area contributed by atoms with Crippen LogP contribution in [0, 0.1) is 11.3 Å². The number of carbonyl (C=O) groups excluding carboxylic acids is 1. The molecule has 0 unspecified atom stereocenters. The molecular formula is C14H11N3OS. The Morgan fingerprint density at radius 1 is 1.26 bits per heavy atom. The number of thioether (sulfide) groups is 1. The predicted octanol–water partition coefficient (Wildman–Crippen LogP) is 2.68. The third kappa shape index (κ3) is 4.12. The molecule has 0 radical (unpaired) electrons. The molecular weight excluding hydrogens is 258 g/mol. The van der Waals surface area contributed by atoms with Gasteiger partial charge in [-0.05, 0) is 24.3 Å². The van der Waals surface area contributed by atoms with Crippen molar-refractivity contribution in [2.45, 2.75) is 4.90 Å². The summed E-state index contributed by atoms with van der Waals surface area (Å²) in [6, 6.07) is 14.9. The number of nitrogens with zero attached hydrogens (tertiary/aromatic N) is 2. The zero-order chi connectivity index (χ0) is 13.5. The molecule has 4 nitrogen and oxygen atoms in total. The fourth-order valence-corrected chi connectivity index (χ4v) is 2.10. The van der Waals surface area contributed by atoms with Crippen LogP contribution >= 0.6 is 11.8 Å². The molecule has 0 bridgehead atoms. The van der Waals surface area contributed by atoms with Gasteiger partial charge in [-0.3, -0.25) is 4.79 Å². The molecule has 0 atom stereocenters. The summed E-state index contributed by atoms with van der Waals surface area (Å²) in [6.45, 7) is 0. The molecule has 1 amide bonds. The smallest absolute Gasteiger partial charge is 0.235 e. The highest BCUT2D eigenvalue weighted by atomic mass is 32.2. The number of hydrogen-bond acceptors (Lipinski definition) is 4. The maximum absolute atomic E-state index is 11.7.